The fourth-order valence-corrected chi connectivity index (χ4v) is 4.62. The van der Waals surface area contributed by atoms with Crippen LogP contribution in [0.15, 0.2) is 87.5 Å². The van der Waals surface area contributed by atoms with Crippen LogP contribution in [0.3, 0.4) is 0 Å². The monoisotopic (exact) mass is 463 g/mol. The minimum Gasteiger partial charge on any atom is -0.422 e. The first kappa shape index (κ1) is 21.6. The zero-order valence-corrected chi connectivity index (χ0v) is 19.5. The number of anilines is 1. The highest BCUT2D eigenvalue weighted by molar-refractivity contribution is 7.11. The molecule has 0 saturated carbocycles. The fourth-order valence-electron chi connectivity index (χ4n) is 3.83. The quantitative estimate of drug-likeness (QED) is 0.170. The van der Waals surface area contributed by atoms with E-state index in [1.54, 1.807) is 11.6 Å². The van der Waals surface area contributed by atoms with Gasteiger partial charge in [0, 0.05) is 22.7 Å². The van der Waals surface area contributed by atoms with Gasteiger partial charge in [-0.25, -0.2) is 9.78 Å². The van der Waals surface area contributed by atoms with E-state index >= 15 is 0 Å². The third kappa shape index (κ3) is 4.09. The van der Waals surface area contributed by atoms with Gasteiger partial charge in [-0.1, -0.05) is 56.3 Å². The van der Waals surface area contributed by atoms with E-state index in [1.807, 2.05) is 54.6 Å². The van der Waals surface area contributed by atoms with E-state index in [-0.39, 0.29) is 0 Å². The highest BCUT2D eigenvalue weighted by Crippen LogP contribution is 2.30. The van der Waals surface area contributed by atoms with Crippen molar-refractivity contribution in [1.29, 1.82) is 5.26 Å². The predicted molar refractivity (Wildman–Crippen MR) is 139 cm³/mol. The molecule has 1 N–H and O–H groups in total. The van der Waals surface area contributed by atoms with Crippen LogP contribution in [-0.2, 0) is 0 Å². The highest BCUT2D eigenvalue weighted by Gasteiger charge is 2.15. The number of nitriles is 1. The summed E-state index contributed by atoms with van der Waals surface area (Å²) in [6.45, 7) is 4.30. The maximum atomic E-state index is 12.7. The Kier molecular flexibility index (Phi) is 5.70. The topological polar surface area (TPSA) is 78.9 Å². The maximum absolute atomic E-state index is 12.7. The molecule has 0 unspecified atom stereocenters. The summed E-state index contributed by atoms with van der Waals surface area (Å²) in [5.74, 6) is 0.457. The average molecular weight is 464 g/mol. The van der Waals surface area contributed by atoms with Gasteiger partial charge in [-0.15, -0.1) is 11.3 Å². The van der Waals surface area contributed by atoms with Gasteiger partial charge in [0.1, 0.15) is 22.2 Å². The lowest BCUT2D eigenvalue weighted by Gasteiger charge is -2.07. The smallest absolute Gasteiger partial charge is 0.345 e. The summed E-state index contributed by atoms with van der Waals surface area (Å²) >= 11 is 1.31. The van der Waals surface area contributed by atoms with Crippen molar-refractivity contribution >= 4 is 44.3 Å². The van der Waals surface area contributed by atoms with Crippen LogP contribution >= 0.6 is 11.3 Å². The highest BCUT2D eigenvalue weighted by atomic mass is 32.1. The van der Waals surface area contributed by atoms with Gasteiger partial charge < -0.3 is 9.73 Å². The van der Waals surface area contributed by atoms with Crippen LogP contribution in [0.5, 0.6) is 0 Å². The van der Waals surface area contributed by atoms with E-state index in [2.05, 4.69) is 42.4 Å². The molecule has 3 aromatic carbocycles. The molecule has 166 valence electrons. The van der Waals surface area contributed by atoms with Crippen molar-refractivity contribution in [3.05, 3.63) is 99.3 Å². The first-order valence-electron chi connectivity index (χ1n) is 10.9. The van der Waals surface area contributed by atoms with Crippen molar-refractivity contribution in [2.45, 2.75) is 19.8 Å². The molecular weight excluding hydrogens is 442 g/mol. The molecular formula is C28H21N3O2S. The van der Waals surface area contributed by atoms with Gasteiger partial charge in [-0.05, 0) is 46.5 Å². The summed E-state index contributed by atoms with van der Waals surface area (Å²) in [5, 5.41) is 18.1. The molecule has 0 atom stereocenters. The molecule has 0 aliphatic carbocycles. The Morgan fingerprint density at radius 2 is 1.88 bits per heavy atom. The second-order valence-electron chi connectivity index (χ2n) is 8.27. The third-order valence-electron chi connectivity index (χ3n) is 5.73. The van der Waals surface area contributed by atoms with Gasteiger partial charge in [0.25, 0.3) is 0 Å². The fraction of sp³-hybridized carbons (Fsp3) is 0.107. The van der Waals surface area contributed by atoms with Gasteiger partial charge in [-0.2, -0.15) is 5.26 Å². The van der Waals surface area contributed by atoms with Gasteiger partial charge in [0.15, 0.2) is 0 Å². The minimum absolute atomic E-state index is 0.376. The van der Waals surface area contributed by atoms with Crippen molar-refractivity contribution < 1.29 is 4.42 Å². The predicted octanol–water partition coefficient (Wildman–Crippen LogP) is 7.17. The van der Waals surface area contributed by atoms with E-state index in [4.69, 9.17) is 4.42 Å². The minimum atomic E-state index is -0.453. The van der Waals surface area contributed by atoms with E-state index in [9.17, 15) is 10.1 Å². The van der Waals surface area contributed by atoms with Gasteiger partial charge in [0.2, 0.25) is 0 Å². The number of rotatable bonds is 5. The Morgan fingerprint density at radius 1 is 1.09 bits per heavy atom. The normalized spacial score (nSPS) is 11.8. The van der Waals surface area contributed by atoms with Gasteiger partial charge >= 0.3 is 5.63 Å². The van der Waals surface area contributed by atoms with Crippen LogP contribution in [0.25, 0.3) is 38.6 Å². The molecule has 0 saturated heterocycles. The third-order valence-corrected chi connectivity index (χ3v) is 6.61. The molecule has 2 aromatic heterocycles. The molecule has 5 aromatic rings. The number of hydrogen-bond acceptors (Lipinski definition) is 6. The van der Waals surface area contributed by atoms with Crippen LogP contribution in [0.1, 0.15) is 30.3 Å². The summed E-state index contributed by atoms with van der Waals surface area (Å²) in [7, 11) is 0. The van der Waals surface area contributed by atoms with E-state index in [0.29, 0.717) is 33.3 Å². The summed E-state index contributed by atoms with van der Waals surface area (Å²) in [6, 6.07) is 23.8. The second kappa shape index (κ2) is 8.97. The van der Waals surface area contributed by atoms with E-state index in [1.165, 1.54) is 16.9 Å². The Labute approximate surface area is 200 Å². The van der Waals surface area contributed by atoms with Crippen molar-refractivity contribution in [3.63, 3.8) is 0 Å². The molecule has 0 radical (unpaired) electrons. The van der Waals surface area contributed by atoms with E-state index < -0.39 is 5.63 Å². The lowest BCUT2D eigenvalue weighted by molar-refractivity contribution is 0.563. The van der Waals surface area contributed by atoms with Crippen LogP contribution in [0.4, 0.5) is 5.69 Å². The molecule has 5 rings (SSSR count). The summed E-state index contributed by atoms with van der Waals surface area (Å²) in [4.78, 5) is 17.3. The van der Waals surface area contributed by atoms with Crippen molar-refractivity contribution in [3.8, 4) is 17.3 Å². The molecule has 5 nitrogen and oxygen atoms in total. The van der Waals surface area contributed by atoms with Crippen LogP contribution in [0.2, 0.25) is 0 Å². The standard InChI is InChI=1S/C28H21N3O2S/c1-17(2)18-7-10-21(11-8-18)30-15-20(14-29)27-31-25(16-34-27)24-13-23-22-6-4-3-5-19(22)9-12-26(23)33-28(24)32/h3-13,15-17,30H,1-2H3. The number of allylic oxidation sites excluding steroid dienone is 1. The van der Waals surface area contributed by atoms with Crippen molar-refractivity contribution in [2.24, 2.45) is 0 Å². The first-order valence-corrected chi connectivity index (χ1v) is 11.8. The lowest BCUT2D eigenvalue weighted by Crippen LogP contribution is -2.03. The number of aromatic nitrogens is 1. The summed E-state index contributed by atoms with van der Waals surface area (Å²) in [6.07, 6.45) is 1.64. The SMILES string of the molecule is CC(C)c1ccc(NC=C(C#N)c2nc(-c3cc4c(ccc5ccccc54)oc3=O)cs2)cc1. The Hall–Kier alpha value is -4.21. The molecule has 0 fully saturated rings. The van der Waals surface area contributed by atoms with E-state index in [0.717, 1.165) is 21.8 Å². The zero-order valence-electron chi connectivity index (χ0n) is 18.7. The lowest BCUT2D eigenvalue weighted by atomic mass is 10.0. The van der Waals surface area contributed by atoms with Crippen LogP contribution < -0.4 is 10.9 Å². The number of nitrogens with zero attached hydrogens (tertiary/aromatic N) is 2. The molecule has 0 aliphatic rings. The summed E-state index contributed by atoms with van der Waals surface area (Å²) < 4.78 is 5.60. The second-order valence-corrected chi connectivity index (χ2v) is 9.13. The molecule has 2 heterocycles. The number of benzene rings is 3. The molecule has 0 spiro atoms. The van der Waals surface area contributed by atoms with Gasteiger partial charge in [0.05, 0.1) is 11.3 Å². The van der Waals surface area contributed by atoms with Crippen LogP contribution in [-0.4, -0.2) is 4.98 Å². The van der Waals surface area contributed by atoms with Gasteiger partial charge in [-0.3, -0.25) is 0 Å². The van der Waals surface area contributed by atoms with Crippen LogP contribution in [0, 0.1) is 11.3 Å². The average Bonchev–Trinajstić information content (AvgIpc) is 3.34. The first-order chi connectivity index (χ1) is 16.5. The molecule has 0 amide bonds. The largest absolute Gasteiger partial charge is 0.422 e. The number of fused-ring (bicyclic) bond motifs is 3. The Bertz CT molecular complexity index is 1640. The van der Waals surface area contributed by atoms with Crippen molar-refractivity contribution in [2.75, 3.05) is 5.32 Å². The molecule has 0 bridgehead atoms. The Morgan fingerprint density at radius 3 is 2.65 bits per heavy atom. The molecule has 6 heteroatoms. The number of thiazole rings is 1. The molecule has 0 aliphatic heterocycles. The zero-order chi connectivity index (χ0) is 23.7. The maximum Gasteiger partial charge on any atom is 0.345 e. The number of hydrogen-bond donors (Lipinski definition) is 1. The number of nitrogens with one attached hydrogen (secondary N) is 1. The van der Waals surface area contributed by atoms with Crippen molar-refractivity contribution in [1.82, 2.24) is 4.98 Å². The summed E-state index contributed by atoms with van der Waals surface area (Å²) in [5.41, 5.74) is 3.47. The molecule has 34 heavy (non-hydrogen) atoms. The Balaban J connectivity index is 1.48.